The summed E-state index contributed by atoms with van der Waals surface area (Å²) in [5.74, 6) is 1.51. The highest BCUT2D eigenvalue weighted by molar-refractivity contribution is 5.98. The van der Waals surface area contributed by atoms with Gasteiger partial charge >= 0.3 is 6.09 Å². The first kappa shape index (κ1) is 24.5. The van der Waals surface area contributed by atoms with Gasteiger partial charge in [-0.2, -0.15) is 0 Å². The molecule has 1 aliphatic heterocycles. The molecule has 35 heavy (non-hydrogen) atoms. The number of carbonyl (C=O) groups is 1. The van der Waals surface area contributed by atoms with Crippen molar-refractivity contribution in [3.8, 4) is 17.2 Å². The van der Waals surface area contributed by atoms with Crippen LogP contribution in [-0.4, -0.2) is 42.5 Å². The summed E-state index contributed by atoms with van der Waals surface area (Å²) in [5.41, 5.74) is 1.64. The molecule has 3 aromatic rings. The third-order valence-corrected chi connectivity index (χ3v) is 6.06. The van der Waals surface area contributed by atoms with Gasteiger partial charge in [-0.15, -0.1) is 0 Å². The van der Waals surface area contributed by atoms with Gasteiger partial charge in [-0.25, -0.2) is 9.18 Å². The molecule has 5 rings (SSSR count). The van der Waals surface area contributed by atoms with E-state index in [1.165, 1.54) is 69.2 Å². The Bertz CT molecular complexity index is 1170. The van der Waals surface area contributed by atoms with Crippen molar-refractivity contribution in [1.82, 2.24) is 10.3 Å². The smallest absolute Gasteiger partial charge is 0.409 e. The van der Waals surface area contributed by atoms with Gasteiger partial charge in [-0.05, 0) is 42.7 Å². The summed E-state index contributed by atoms with van der Waals surface area (Å²) in [6.45, 7) is 2.25. The lowest BCUT2D eigenvalue weighted by molar-refractivity contribution is 0.171. The Morgan fingerprint density at radius 2 is 1.89 bits per heavy atom. The van der Waals surface area contributed by atoms with Crippen molar-refractivity contribution in [2.75, 3.05) is 25.6 Å². The van der Waals surface area contributed by atoms with E-state index in [0.29, 0.717) is 30.4 Å². The number of anilines is 1. The van der Waals surface area contributed by atoms with E-state index in [1.807, 2.05) is 6.07 Å². The Kier molecular flexibility index (Phi) is 8.20. The monoisotopic (exact) mass is 483 g/mol. The fraction of sp³-hybridized carbons (Fsp3) is 0.385. The van der Waals surface area contributed by atoms with Crippen LogP contribution in [0.1, 0.15) is 37.7 Å². The van der Waals surface area contributed by atoms with Gasteiger partial charge in [-0.3, -0.25) is 10.3 Å². The van der Waals surface area contributed by atoms with Crippen molar-refractivity contribution in [2.24, 2.45) is 0 Å². The van der Waals surface area contributed by atoms with Gasteiger partial charge in [0.05, 0.1) is 12.8 Å². The van der Waals surface area contributed by atoms with E-state index in [4.69, 9.17) is 19.3 Å². The number of hydrogen-bond acceptors (Lipinski definition) is 6. The van der Waals surface area contributed by atoms with E-state index in [2.05, 4.69) is 27.8 Å². The number of halogens is 1. The van der Waals surface area contributed by atoms with Crippen molar-refractivity contribution in [3.63, 3.8) is 0 Å². The maximum absolute atomic E-state index is 13.6. The lowest BCUT2D eigenvalue weighted by Gasteiger charge is -2.23. The van der Waals surface area contributed by atoms with E-state index in [9.17, 15) is 9.18 Å². The molecule has 1 amide bonds. The van der Waals surface area contributed by atoms with Crippen LogP contribution in [0, 0.1) is 5.82 Å². The highest BCUT2D eigenvalue weighted by Crippen LogP contribution is 2.31. The number of pyridine rings is 1. The number of hydrogen-bond donors (Lipinski definition) is 3. The third kappa shape index (κ3) is 6.51. The summed E-state index contributed by atoms with van der Waals surface area (Å²) < 4.78 is 29.7. The van der Waals surface area contributed by atoms with Crippen molar-refractivity contribution in [1.29, 1.82) is 0 Å². The van der Waals surface area contributed by atoms with Crippen molar-refractivity contribution in [3.05, 3.63) is 54.0 Å². The molecule has 1 aromatic heterocycles. The van der Waals surface area contributed by atoms with Crippen LogP contribution in [0.25, 0.3) is 10.9 Å². The predicted molar refractivity (Wildman–Crippen MR) is 131 cm³/mol. The topological polar surface area (TPSA) is 102 Å². The number of amides is 1. The lowest BCUT2D eigenvalue weighted by atomic mass is 9.95. The summed E-state index contributed by atoms with van der Waals surface area (Å²) in [5, 5.41) is 14.8. The second-order valence-corrected chi connectivity index (χ2v) is 8.49. The zero-order valence-corrected chi connectivity index (χ0v) is 19.7. The summed E-state index contributed by atoms with van der Waals surface area (Å²) in [7, 11) is 1.40. The van der Waals surface area contributed by atoms with E-state index in [-0.39, 0.29) is 11.2 Å². The maximum atomic E-state index is 13.6. The SMILES string of the molecule is COc1cc(F)c2nccc(NC(=O)O)c2c1.c1cc2c(cc1CNC1CCCCC1)OCCO2. The number of nitrogens with zero attached hydrogens (tertiary/aromatic N) is 1. The molecule has 3 N–H and O–H groups in total. The molecule has 1 fully saturated rings. The van der Waals surface area contributed by atoms with Crippen LogP contribution in [-0.2, 0) is 6.54 Å². The second kappa shape index (κ2) is 11.7. The van der Waals surface area contributed by atoms with E-state index in [0.717, 1.165) is 18.0 Å². The number of methoxy groups -OCH3 is 1. The minimum Gasteiger partial charge on any atom is -0.497 e. The van der Waals surface area contributed by atoms with Crippen LogP contribution in [0.3, 0.4) is 0 Å². The van der Waals surface area contributed by atoms with Gasteiger partial charge in [0.15, 0.2) is 17.3 Å². The van der Waals surface area contributed by atoms with Gasteiger partial charge in [0.1, 0.15) is 24.5 Å². The molecule has 2 heterocycles. The molecule has 0 atom stereocenters. The Labute approximate surface area is 203 Å². The number of benzene rings is 2. The van der Waals surface area contributed by atoms with Crippen molar-refractivity contribution >= 4 is 22.7 Å². The second-order valence-electron chi connectivity index (χ2n) is 8.49. The van der Waals surface area contributed by atoms with Crippen LogP contribution in [0.4, 0.5) is 14.9 Å². The normalized spacial score (nSPS) is 15.1. The minimum atomic E-state index is -1.22. The predicted octanol–water partition coefficient (Wildman–Crippen LogP) is 5.35. The summed E-state index contributed by atoms with van der Waals surface area (Å²) in [4.78, 5) is 14.5. The molecule has 8 nitrogen and oxygen atoms in total. The molecule has 2 aliphatic rings. The van der Waals surface area contributed by atoms with Crippen LogP contribution in [0.15, 0.2) is 42.6 Å². The number of rotatable bonds is 5. The first-order chi connectivity index (χ1) is 17.0. The minimum absolute atomic E-state index is 0.0945. The number of aromatic nitrogens is 1. The highest BCUT2D eigenvalue weighted by atomic mass is 19.1. The molecule has 0 radical (unpaired) electrons. The zero-order chi connectivity index (χ0) is 24.6. The van der Waals surface area contributed by atoms with Gasteiger partial charge < -0.3 is 24.6 Å². The number of ether oxygens (including phenoxy) is 3. The van der Waals surface area contributed by atoms with Crippen LogP contribution < -0.4 is 24.8 Å². The van der Waals surface area contributed by atoms with E-state index >= 15 is 0 Å². The molecule has 0 bridgehead atoms. The Balaban J connectivity index is 0.000000165. The maximum Gasteiger partial charge on any atom is 0.409 e. The molecule has 186 valence electrons. The molecule has 1 saturated carbocycles. The Morgan fingerprint density at radius 3 is 2.63 bits per heavy atom. The lowest BCUT2D eigenvalue weighted by Crippen LogP contribution is -2.30. The van der Waals surface area contributed by atoms with Crippen LogP contribution >= 0.6 is 0 Å². The molecular weight excluding hydrogens is 453 g/mol. The van der Waals surface area contributed by atoms with E-state index in [1.54, 1.807) is 0 Å². The third-order valence-electron chi connectivity index (χ3n) is 6.06. The molecule has 1 aliphatic carbocycles. The molecule has 0 unspecified atom stereocenters. The summed E-state index contributed by atoms with van der Waals surface area (Å²) in [6.07, 6.45) is 6.92. The number of nitrogens with one attached hydrogen (secondary N) is 2. The fourth-order valence-corrected chi connectivity index (χ4v) is 4.30. The van der Waals surface area contributed by atoms with E-state index < -0.39 is 11.9 Å². The molecular formula is C26H30FN3O5. The van der Waals surface area contributed by atoms with Crippen molar-refractivity contribution in [2.45, 2.75) is 44.7 Å². The molecule has 0 saturated heterocycles. The molecule has 9 heteroatoms. The summed E-state index contributed by atoms with van der Waals surface area (Å²) in [6, 6.07) is 11.1. The van der Waals surface area contributed by atoms with Crippen LogP contribution in [0.5, 0.6) is 17.2 Å². The first-order valence-corrected chi connectivity index (χ1v) is 11.8. The Morgan fingerprint density at radius 1 is 1.11 bits per heavy atom. The largest absolute Gasteiger partial charge is 0.497 e. The molecule has 2 aromatic carbocycles. The van der Waals surface area contributed by atoms with Gasteiger partial charge in [-0.1, -0.05) is 25.3 Å². The number of carboxylic acid groups (broad SMARTS) is 1. The number of fused-ring (bicyclic) bond motifs is 2. The zero-order valence-electron chi connectivity index (χ0n) is 19.7. The summed E-state index contributed by atoms with van der Waals surface area (Å²) >= 11 is 0. The van der Waals surface area contributed by atoms with Gasteiger partial charge in [0.25, 0.3) is 0 Å². The van der Waals surface area contributed by atoms with Crippen molar-refractivity contribution < 1.29 is 28.5 Å². The average Bonchev–Trinajstić information content (AvgIpc) is 2.88. The molecule has 0 spiro atoms. The van der Waals surface area contributed by atoms with Gasteiger partial charge in [0.2, 0.25) is 0 Å². The average molecular weight is 484 g/mol. The Hall–Kier alpha value is -3.59. The standard InChI is InChI=1S/C15H21NO2.C11H9FN2O3/c1-2-4-13(5-3-1)16-11-12-6-7-14-15(10-12)18-9-8-17-14;1-17-6-4-7-9(14-11(15)16)2-3-13-10(7)8(12)5-6/h6-7,10,13,16H,1-5,8-9,11H2;2-5H,1H3,(H,13,14)(H,15,16). The highest BCUT2D eigenvalue weighted by Gasteiger charge is 2.15. The first-order valence-electron chi connectivity index (χ1n) is 11.8. The van der Waals surface area contributed by atoms with Gasteiger partial charge in [0, 0.05) is 30.2 Å². The fourth-order valence-electron chi connectivity index (χ4n) is 4.30. The quantitative estimate of drug-likeness (QED) is 0.449. The van der Waals surface area contributed by atoms with Crippen LogP contribution in [0.2, 0.25) is 0 Å².